The van der Waals surface area contributed by atoms with E-state index in [9.17, 15) is 18.0 Å². The first-order chi connectivity index (χ1) is 10.1. The zero-order chi connectivity index (χ0) is 16.7. The SMILES string of the molecule is Cc1nc(N2C[C@@H](C(F)(F)F)[C@H](C(=O)O)C2)c(Cl)cc1C#N. The fraction of sp³-hybridized carbons (Fsp3) is 0.462. The molecule has 2 atom stereocenters. The van der Waals surface area contributed by atoms with Crippen LogP contribution in [0.15, 0.2) is 6.07 Å². The maximum absolute atomic E-state index is 13.0. The summed E-state index contributed by atoms with van der Waals surface area (Å²) in [5.41, 5.74) is 0.541. The number of hydrogen-bond donors (Lipinski definition) is 1. The van der Waals surface area contributed by atoms with Crippen LogP contribution in [0.3, 0.4) is 0 Å². The molecule has 1 aliphatic heterocycles. The van der Waals surface area contributed by atoms with Gasteiger partial charge in [-0.25, -0.2) is 4.98 Å². The molecule has 1 aliphatic rings. The molecular formula is C13H11ClF3N3O2. The third kappa shape index (κ3) is 2.95. The van der Waals surface area contributed by atoms with Gasteiger partial charge in [-0.05, 0) is 13.0 Å². The van der Waals surface area contributed by atoms with Gasteiger partial charge in [0.15, 0.2) is 0 Å². The molecule has 5 nitrogen and oxygen atoms in total. The summed E-state index contributed by atoms with van der Waals surface area (Å²) in [4.78, 5) is 16.3. The van der Waals surface area contributed by atoms with Crippen molar-refractivity contribution < 1.29 is 23.1 Å². The number of halogens is 4. The summed E-state index contributed by atoms with van der Waals surface area (Å²) in [6.45, 7) is 0.667. The van der Waals surface area contributed by atoms with E-state index in [1.165, 1.54) is 17.9 Å². The third-order valence-electron chi connectivity index (χ3n) is 3.63. The number of aliphatic carboxylic acids is 1. The molecular weight excluding hydrogens is 323 g/mol. The van der Waals surface area contributed by atoms with Crippen LogP contribution in [-0.4, -0.2) is 35.3 Å². The van der Waals surface area contributed by atoms with E-state index < -0.39 is 30.5 Å². The Kier molecular flexibility index (Phi) is 4.20. The summed E-state index contributed by atoms with van der Waals surface area (Å²) in [5, 5.41) is 17.9. The largest absolute Gasteiger partial charge is 0.481 e. The quantitative estimate of drug-likeness (QED) is 0.900. The number of carbonyl (C=O) groups is 1. The van der Waals surface area contributed by atoms with Crippen molar-refractivity contribution in [2.24, 2.45) is 11.8 Å². The second kappa shape index (κ2) is 5.65. The molecule has 2 heterocycles. The summed E-state index contributed by atoms with van der Waals surface area (Å²) >= 11 is 5.97. The Morgan fingerprint density at radius 3 is 2.64 bits per heavy atom. The Morgan fingerprint density at radius 2 is 2.18 bits per heavy atom. The normalized spacial score (nSPS) is 21.7. The molecule has 0 spiro atoms. The minimum absolute atomic E-state index is 0.0223. The number of pyridine rings is 1. The molecule has 0 radical (unpaired) electrons. The number of nitriles is 1. The van der Waals surface area contributed by atoms with Crippen LogP contribution >= 0.6 is 11.6 Å². The minimum atomic E-state index is -4.62. The van der Waals surface area contributed by atoms with E-state index >= 15 is 0 Å². The van der Waals surface area contributed by atoms with E-state index in [-0.39, 0.29) is 22.9 Å². The van der Waals surface area contributed by atoms with Crippen LogP contribution in [0.1, 0.15) is 11.3 Å². The first kappa shape index (κ1) is 16.4. The highest BCUT2D eigenvalue weighted by Crippen LogP contribution is 2.40. The molecule has 1 fully saturated rings. The number of nitrogens with zero attached hydrogens (tertiary/aromatic N) is 3. The second-order valence-electron chi connectivity index (χ2n) is 5.04. The standard InChI is InChI=1S/C13H11ClF3N3O2/c1-6-7(3-18)2-10(14)11(19-6)20-4-8(12(21)22)9(5-20)13(15,16)17/h2,8-9H,4-5H2,1H3,(H,21,22)/t8-,9-/m1/s1. The van der Waals surface area contributed by atoms with E-state index in [1.54, 1.807) is 0 Å². The van der Waals surface area contributed by atoms with Crippen molar-refractivity contribution in [1.29, 1.82) is 5.26 Å². The number of rotatable bonds is 2. The predicted molar refractivity (Wildman–Crippen MR) is 71.6 cm³/mol. The summed E-state index contributed by atoms with van der Waals surface area (Å²) in [6, 6.07) is 3.19. The maximum atomic E-state index is 13.0. The Hall–Kier alpha value is -2.01. The van der Waals surface area contributed by atoms with Crippen LogP contribution in [0.5, 0.6) is 0 Å². The van der Waals surface area contributed by atoms with Gasteiger partial charge in [0.25, 0.3) is 0 Å². The number of carboxylic acid groups (broad SMARTS) is 1. The number of aromatic nitrogens is 1. The van der Waals surface area contributed by atoms with Gasteiger partial charge < -0.3 is 10.0 Å². The number of alkyl halides is 3. The molecule has 0 amide bonds. The van der Waals surface area contributed by atoms with Gasteiger partial charge in [0, 0.05) is 13.1 Å². The minimum Gasteiger partial charge on any atom is -0.481 e. The molecule has 1 aromatic rings. The van der Waals surface area contributed by atoms with Crippen molar-refractivity contribution in [3.63, 3.8) is 0 Å². The van der Waals surface area contributed by atoms with Gasteiger partial charge in [0.2, 0.25) is 0 Å². The summed E-state index contributed by atoms with van der Waals surface area (Å²) in [5.74, 6) is -5.00. The van der Waals surface area contributed by atoms with Crippen LogP contribution in [0.4, 0.5) is 19.0 Å². The Labute approximate surface area is 128 Å². The number of anilines is 1. The highest BCUT2D eigenvalue weighted by atomic mass is 35.5. The van der Waals surface area contributed by atoms with Gasteiger partial charge in [0.05, 0.1) is 28.1 Å². The molecule has 1 saturated heterocycles. The van der Waals surface area contributed by atoms with Gasteiger partial charge in [-0.15, -0.1) is 0 Å². The lowest BCUT2D eigenvalue weighted by Gasteiger charge is -2.20. The first-order valence-corrected chi connectivity index (χ1v) is 6.64. The van der Waals surface area contributed by atoms with E-state index in [2.05, 4.69) is 4.98 Å². The Bertz CT molecular complexity index is 657. The number of carboxylic acids is 1. The fourth-order valence-corrected chi connectivity index (χ4v) is 2.73. The summed E-state index contributed by atoms with van der Waals surface area (Å²) in [7, 11) is 0. The van der Waals surface area contributed by atoms with Crippen molar-refractivity contribution in [3.8, 4) is 6.07 Å². The van der Waals surface area contributed by atoms with Crippen LogP contribution in [0.25, 0.3) is 0 Å². The molecule has 2 rings (SSSR count). The van der Waals surface area contributed by atoms with Gasteiger partial charge in [-0.2, -0.15) is 18.4 Å². The summed E-state index contributed by atoms with van der Waals surface area (Å²) in [6.07, 6.45) is -4.62. The molecule has 0 aliphatic carbocycles. The van der Waals surface area contributed by atoms with Gasteiger partial charge >= 0.3 is 12.1 Å². The molecule has 0 bridgehead atoms. The highest BCUT2D eigenvalue weighted by molar-refractivity contribution is 6.33. The maximum Gasteiger partial charge on any atom is 0.394 e. The zero-order valence-electron chi connectivity index (χ0n) is 11.4. The predicted octanol–water partition coefficient (Wildman–Crippen LogP) is 2.61. The van der Waals surface area contributed by atoms with E-state index in [4.69, 9.17) is 22.0 Å². The van der Waals surface area contributed by atoms with Crippen LogP contribution in [0, 0.1) is 30.1 Å². The molecule has 0 saturated carbocycles. The van der Waals surface area contributed by atoms with E-state index in [0.717, 1.165) is 0 Å². The molecule has 0 unspecified atom stereocenters. The van der Waals surface area contributed by atoms with Crippen molar-refractivity contribution in [1.82, 2.24) is 4.98 Å². The van der Waals surface area contributed by atoms with Crippen molar-refractivity contribution in [2.75, 3.05) is 18.0 Å². The van der Waals surface area contributed by atoms with Gasteiger partial charge in [-0.1, -0.05) is 11.6 Å². The second-order valence-corrected chi connectivity index (χ2v) is 5.44. The smallest absolute Gasteiger partial charge is 0.394 e. The molecule has 22 heavy (non-hydrogen) atoms. The van der Waals surface area contributed by atoms with E-state index in [0.29, 0.717) is 5.69 Å². The van der Waals surface area contributed by atoms with Crippen molar-refractivity contribution >= 4 is 23.4 Å². The third-order valence-corrected chi connectivity index (χ3v) is 3.90. The van der Waals surface area contributed by atoms with Gasteiger partial charge in [-0.3, -0.25) is 4.79 Å². The lowest BCUT2D eigenvalue weighted by molar-refractivity contribution is -0.187. The molecule has 0 aromatic carbocycles. The van der Waals surface area contributed by atoms with Crippen LogP contribution in [0.2, 0.25) is 5.02 Å². The Morgan fingerprint density at radius 1 is 1.55 bits per heavy atom. The molecule has 118 valence electrons. The number of hydrogen-bond acceptors (Lipinski definition) is 4. The topological polar surface area (TPSA) is 77.2 Å². The lowest BCUT2D eigenvalue weighted by atomic mass is 9.96. The van der Waals surface area contributed by atoms with Crippen molar-refractivity contribution in [2.45, 2.75) is 13.1 Å². The molecule has 9 heteroatoms. The number of aryl methyl sites for hydroxylation is 1. The average Bonchev–Trinajstić information content (AvgIpc) is 2.86. The highest BCUT2D eigenvalue weighted by Gasteiger charge is 2.53. The summed E-state index contributed by atoms with van der Waals surface area (Å²) < 4.78 is 38.9. The fourth-order valence-electron chi connectivity index (χ4n) is 2.46. The van der Waals surface area contributed by atoms with Crippen LogP contribution in [-0.2, 0) is 4.79 Å². The average molecular weight is 334 g/mol. The van der Waals surface area contributed by atoms with Crippen molar-refractivity contribution in [3.05, 3.63) is 22.3 Å². The monoisotopic (exact) mass is 333 g/mol. The van der Waals surface area contributed by atoms with Crippen LogP contribution < -0.4 is 4.90 Å². The molecule has 1 aromatic heterocycles. The zero-order valence-corrected chi connectivity index (χ0v) is 12.1. The lowest BCUT2D eigenvalue weighted by Crippen LogP contribution is -2.33. The van der Waals surface area contributed by atoms with E-state index in [1.807, 2.05) is 6.07 Å². The van der Waals surface area contributed by atoms with Gasteiger partial charge in [0.1, 0.15) is 11.9 Å². The Balaban J connectivity index is 2.38. The molecule has 1 N–H and O–H groups in total. The first-order valence-electron chi connectivity index (χ1n) is 6.27.